The fourth-order valence-electron chi connectivity index (χ4n) is 2.06. The van der Waals surface area contributed by atoms with Crippen molar-refractivity contribution in [3.05, 3.63) is 57.1 Å². The van der Waals surface area contributed by atoms with Crippen molar-refractivity contribution in [1.82, 2.24) is 4.57 Å². The first kappa shape index (κ1) is 16.7. The number of nitrogens with two attached hydrogens (primary N) is 1. The summed E-state index contributed by atoms with van der Waals surface area (Å²) in [5, 5.41) is 8.83. The minimum Gasteiger partial charge on any atom is -0.365 e. The van der Waals surface area contributed by atoms with Gasteiger partial charge >= 0.3 is 0 Å². The number of rotatable bonds is 4. The zero-order chi connectivity index (χ0) is 16.4. The molecule has 1 unspecified atom stereocenters. The molecule has 0 radical (unpaired) electrons. The molecular formula is C14H13Cl2N3O2S. The summed E-state index contributed by atoms with van der Waals surface area (Å²) in [5.74, 6) is -0.730. The first-order valence-electron chi connectivity index (χ1n) is 6.16. The van der Waals surface area contributed by atoms with Gasteiger partial charge in [0.15, 0.2) is 0 Å². The molecule has 1 aromatic heterocycles. The van der Waals surface area contributed by atoms with Crippen LogP contribution in [0.4, 0.5) is 0 Å². The maximum Gasteiger partial charge on any atom is 0.252 e. The summed E-state index contributed by atoms with van der Waals surface area (Å²) in [6.45, 7) is 0.204. The van der Waals surface area contributed by atoms with Gasteiger partial charge in [-0.3, -0.25) is 14.4 Å². The maximum absolute atomic E-state index is 11.8. The number of aromatic nitrogens is 1. The van der Waals surface area contributed by atoms with Crippen LogP contribution in [0.3, 0.4) is 0 Å². The molecule has 1 atom stereocenters. The second-order valence-electron chi connectivity index (χ2n) is 4.62. The highest BCUT2D eigenvalue weighted by Gasteiger charge is 2.12. The number of nitrogens with one attached hydrogen (secondary N) is 1. The minimum absolute atomic E-state index is 0.0219. The number of hydrogen-bond acceptors (Lipinski definition) is 3. The molecule has 2 aromatic rings. The van der Waals surface area contributed by atoms with E-state index in [2.05, 4.69) is 0 Å². The average molecular weight is 358 g/mol. The normalized spacial score (nSPS) is 12.1. The summed E-state index contributed by atoms with van der Waals surface area (Å²) in [6.07, 6.45) is 3.07. The summed E-state index contributed by atoms with van der Waals surface area (Å²) in [7, 11) is -1.21. The Bertz CT molecular complexity index is 833. The molecule has 5 nitrogen and oxygen atoms in total. The van der Waals surface area contributed by atoms with Gasteiger partial charge in [-0.1, -0.05) is 23.2 Å². The van der Waals surface area contributed by atoms with Crippen LogP contribution in [0.25, 0.3) is 0 Å². The average Bonchev–Trinajstić information content (AvgIpc) is 2.41. The molecule has 22 heavy (non-hydrogen) atoms. The number of halogens is 2. The van der Waals surface area contributed by atoms with Gasteiger partial charge in [-0.25, -0.2) is 0 Å². The Hall–Kier alpha value is -1.63. The van der Waals surface area contributed by atoms with Gasteiger partial charge < -0.3 is 10.3 Å². The van der Waals surface area contributed by atoms with Crippen LogP contribution < -0.4 is 11.2 Å². The van der Waals surface area contributed by atoms with Crippen molar-refractivity contribution in [3.8, 4) is 0 Å². The van der Waals surface area contributed by atoms with E-state index in [0.29, 0.717) is 15.5 Å². The third-order valence-corrected chi connectivity index (χ3v) is 4.50. The zero-order valence-electron chi connectivity index (χ0n) is 11.6. The highest BCUT2D eigenvalue weighted by atomic mass is 35.5. The lowest BCUT2D eigenvalue weighted by molar-refractivity contribution is 0.0997. The lowest BCUT2D eigenvalue weighted by atomic mass is 10.2. The first-order valence-corrected chi connectivity index (χ1v) is 8.47. The maximum atomic E-state index is 11.8. The van der Waals surface area contributed by atoms with Gasteiger partial charge in [0.1, 0.15) is 5.49 Å². The molecule has 0 aliphatic heterocycles. The first-order chi connectivity index (χ1) is 10.3. The molecule has 1 amide bonds. The van der Waals surface area contributed by atoms with Crippen molar-refractivity contribution in [2.45, 2.75) is 11.4 Å². The molecule has 0 aliphatic carbocycles. The summed E-state index contributed by atoms with van der Waals surface area (Å²) in [6, 6.07) is 6.35. The molecule has 1 aromatic carbocycles. The van der Waals surface area contributed by atoms with E-state index >= 15 is 0 Å². The van der Waals surface area contributed by atoms with Crippen LogP contribution in [0.5, 0.6) is 0 Å². The van der Waals surface area contributed by atoms with Gasteiger partial charge in [-0.2, -0.15) is 0 Å². The third-order valence-electron chi connectivity index (χ3n) is 3.04. The van der Waals surface area contributed by atoms with Gasteiger partial charge in [0, 0.05) is 22.4 Å². The van der Waals surface area contributed by atoms with Gasteiger partial charge in [-0.15, -0.1) is 0 Å². The quantitative estimate of drug-likeness (QED) is 0.877. The van der Waals surface area contributed by atoms with Crippen molar-refractivity contribution < 1.29 is 9.00 Å². The van der Waals surface area contributed by atoms with Crippen molar-refractivity contribution in [2.24, 2.45) is 5.73 Å². The van der Waals surface area contributed by atoms with E-state index in [9.17, 15) is 9.00 Å². The Morgan fingerprint density at radius 3 is 2.59 bits per heavy atom. The van der Waals surface area contributed by atoms with E-state index in [1.807, 2.05) is 0 Å². The van der Waals surface area contributed by atoms with Crippen molar-refractivity contribution >= 4 is 39.9 Å². The van der Waals surface area contributed by atoms with Crippen LogP contribution >= 0.6 is 23.2 Å². The molecule has 1 heterocycles. The minimum atomic E-state index is -1.21. The van der Waals surface area contributed by atoms with Crippen LogP contribution in [0, 0.1) is 5.41 Å². The third kappa shape index (κ3) is 3.58. The molecular weight excluding hydrogens is 345 g/mol. The molecule has 0 saturated heterocycles. The van der Waals surface area contributed by atoms with E-state index in [1.54, 1.807) is 24.5 Å². The van der Waals surface area contributed by atoms with Gasteiger partial charge in [0.05, 0.1) is 27.9 Å². The molecule has 3 N–H and O–H groups in total. The second kappa shape index (κ2) is 6.64. The SMILES string of the molecule is CS(=O)c1ccc(Cl)cc1Cn1cc(Cl)cc(C(N)=O)c1=N. The summed E-state index contributed by atoms with van der Waals surface area (Å²) >= 11 is 12.0. The number of primary amides is 1. The molecule has 116 valence electrons. The molecule has 0 bridgehead atoms. The van der Waals surface area contributed by atoms with Crippen LogP contribution in [-0.4, -0.2) is 20.9 Å². The lowest BCUT2D eigenvalue weighted by Gasteiger charge is -2.13. The fourth-order valence-corrected chi connectivity index (χ4v) is 3.23. The second-order valence-corrected chi connectivity index (χ2v) is 6.84. The van der Waals surface area contributed by atoms with Crippen LogP contribution in [0.15, 0.2) is 35.4 Å². The van der Waals surface area contributed by atoms with Crippen molar-refractivity contribution in [1.29, 1.82) is 5.41 Å². The standard InChI is InChI=1S/C14H13Cl2N3O2S/c1-22(21)12-3-2-9(15)4-8(12)6-19-7-10(16)5-11(13(19)17)14(18)20/h2-5,7,17H,6H2,1H3,(H2,18,20). The highest BCUT2D eigenvalue weighted by Crippen LogP contribution is 2.20. The lowest BCUT2D eigenvalue weighted by Crippen LogP contribution is -2.30. The van der Waals surface area contributed by atoms with E-state index in [-0.39, 0.29) is 22.6 Å². The summed E-state index contributed by atoms with van der Waals surface area (Å²) in [5.41, 5.74) is 5.89. The van der Waals surface area contributed by atoms with Crippen LogP contribution in [0.2, 0.25) is 10.0 Å². The Morgan fingerprint density at radius 2 is 2.00 bits per heavy atom. The predicted molar refractivity (Wildman–Crippen MR) is 86.7 cm³/mol. The van der Waals surface area contributed by atoms with E-state index in [1.165, 1.54) is 16.8 Å². The van der Waals surface area contributed by atoms with Gasteiger partial charge in [-0.05, 0) is 29.8 Å². The number of carbonyl (C=O) groups excluding carboxylic acids is 1. The van der Waals surface area contributed by atoms with E-state index in [4.69, 9.17) is 34.3 Å². The highest BCUT2D eigenvalue weighted by molar-refractivity contribution is 7.84. The van der Waals surface area contributed by atoms with Crippen LogP contribution in [-0.2, 0) is 17.3 Å². The molecule has 0 fully saturated rings. The molecule has 8 heteroatoms. The number of hydrogen-bond donors (Lipinski definition) is 2. The Kier molecular flexibility index (Phi) is 5.05. The van der Waals surface area contributed by atoms with Gasteiger partial charge in [0.25, 0.3) is 5.91 Å². The Morgan fingerprint density at radius 1 is 1.32 bits per heavy atom. The Balaban J connectivity index is 2.57. The zero-order valence-corrected chi connectivity index (χ0v) is 13.9. The number of carbonyl (C=O) groups is 1. The largest absolute Gasteiger partial charge is 0.365 e. The fraction of sp³-hybridized carbons (Fsp3) is 0.143. The van der Waals surface area contributed by atoms with E-state index < -0.39 is 16.7 Å². The number of nitrogens with zero attached hydrogens (tertiary/aromatic N) is 1. The van der Waals surface area contributed by atoms with Crippen molar-refractivity contribution in [2.75, 3.05) is 6.26 Å². The van der Waals surface area contributed by atoms with Crippen molar-refractivity contribution in [3.63, 3.8) is 0 Å². The molecule has 2 rings (SSSR count). The summed E-state index contributed by atoms with van der Waals surface area (Å²) in [4.78, 5) is 12.0. The number of pyridine rings is 1. The van der Waals surface area contributed by atoms with Crippen LogP contribution in [0.1, 0.15) is 15.9 Å². The topological polar surface area (TPSA) is 88.9 Å². The molecule has 0 spiro atoms. The predicted octanol–water partition coefficient (Wildman–Crippen LogP) is 2.16. The number of amides is 1. The smallest absolute Gasteiger partial charge is 0.252 e. The number of benzene rings is 1. The molecule has 0 saturated carbocycles. The van der Waals surface area contributed by atoms with Gasteiger partial charge in [0.2, 0.25) is 0 Å². The monoisotopic (exact) mass is 357 g/mol. The summed E-state index contributed by atoms with van der Waals surface area (Å²) < 4.78 is 13.3. The molecule has 0 aliphatic rings. The Labute approximate surface area is 139 Å². The van der Waals surface area contributed by atoms with E-state index in [0.717, 1.165) is 0 Å².